The molecule has 0 saturated carbocycles. The third-order valence-corrected chi connectivity index (χ3v) is 2.16. The fourth-order valence-corrected chi connectivity index (χ4v) is 1.52. The van der Waals surface area contributed by atoms with E-state index in [1.165, 1.54) is 0 Å². The Morgan fingerprint density at radius 2 is 2.46 bits per heavy atom. The normalized spacial score (nSPS) is 23.5. The molecule has 1 unspecified atom stereocenters. The molecule has 1 aromatic heterocycles. The Kier molecular flexibility index (Phi) is 2.18. The van der Waals surface area contributed by atoms with Gasteiger partial charge in [0.1, 0.15) is 0 Å². The van der Waals surface area contributed by atoms with E-state index in [1.807, 2.05) is 6.92 Å². The van der Waals surface area contributed by atoms with Crippen molar-refractivity contribution in [3.05, 3.63) is 5.82 Å². The van der Waals surface area contributed by atoms with Gasteiger partial charge in [-0.15, -0.1) is 0 Å². The highest BCUT2D eigenvalue weighted by Crippen LogP contribution is 2.12. The van der Waals surface area contributed by atoms with E-state index in [-0.39, 0.29) is 0 Å². The smallest absolute Gasteiger partial charge is 0.322 e. The Morgan fingerprint density at radius 1 is 1.62 bits per heavy atom. The molecule has 13 heavy (non-hydrogen) atoms. The van der Waals surface area contributed by atoms with Crippen molar-refractivity contribution in [3.63, 3.8) is 0 Å². The first-order chi connectivity index (χ1) is 6.25. The Labute approximate surface area is 77.1 Å². The summed E-state index contributed by atoms with van der Waals surface area (Å²) in [6.07, 6.45) is 0. The van der Waals surface area contributed by atoms with Crippen LogP contribution in [0.3, 0.4) is 0 Å². The van der Waals surface area contributed by atoms with Gasteiger partial charge in [0.05, 0.1) is 0 Å². The third-order valence-electron chi connectivity index (χ3n) is 2.16. The van der Waals surface area contributed by atoms with Gasteiger partial charge in [-0.05, 0) is 13.8 Å². The van der Waals surface area contributed by atoms with E-state index in [2.05, 4.69) is 27.3 Å². The zero-order valence-corrected chi connectivity index (χ0v) is 7.95. The number of rotatable bonds is 1. The van der Waals surface area contributed by atoms with Gasteiger partial charge in [0.2, 0.25) is 0 Å². The summed E-state index contributed by atoms with van der Waals surface area (Å²) in [4.78, 5) is 6.30. The molecular weight excluding hydrogens is 168 g/mol. The van der Waals surface area contributed by atoms with Crippen molar-refractivity contribution in [3.8, 4) is 0 Å². The van der Waals surface area contributed by atoms with Gasteiger partial charge >= 0.3 is 6.01 Å². The van der Waals surface area contributed by atoms with Crippen LogP contribution in [0.25, 0.3) is 0 Å². The Balaban J connectivity index is 2.08. The molecule has 0 amide bonds. The predicted octanol–water partition coefficient (Wildman–Crippen LogP) is 0.176. The van der Waals surface area contributed by atoms with Crippen molar-refractivity contribution in [1.82, 2.24) is 15.5 Å². The Morgan fingerprint density at radius 3 is 3.08 bits per heavy atom. The molecule has 1 saturated heterocycles. The van der Waals surface area contributed by atoms with Crippen LogP contribution < -0.4 is 10.2 Å². The molecule has 5 nitrogen and oxygen atoms in total. The number of aryl methyl sites for hydroxylation is 1. The van der Waals surface area contributed by atoms with Crippen LogP contribution in [0, 0.1) is 6.92 Å². The van der Waals surface area contributed by atoms with E-state index in [0.717, 1.165) is 19.6 Å². The summed E-state index contributed by atoms with van der Waals surface area (Å²) >= 11 is 0. The molecule has 1 aliphatic rings. The van der Waals surface area contributed by atoms with Gasteiger partial charge in [0, 0.05) is 25.7 Å². The van der Waals surface area contributed by atoms with Crippen molar-refractivity contribution in [2.45, 2.75) is 19.9 Å². The van der Waals surface area contributed by atoms with Gasteiger partial charge in [-0.3, -0.25) is 0 Å². The highest BCUT2D eigenvalue weighted by atomic mass is 16.5. The molecule has 0 spiro atoms. The van der Waals surface area contributed by atoms with Crippen LogP contribution in [-0.2, 0) is 0 Å². The minimum absolute atomic E-state index is 0.487. The van der Waals surface area contributed by atoms with Crippen LogP contribution in [0.2, 0.25) is 0 Å². The first-order valence-corrected chi connectivity index (χ1v) is 4.54. The monoisotopic (exact) mass is 182 g/mol. The lowest BCUT2D eigenvalue weighted by Crippen LogP contribution is -2.49. The predicted molar refractivity (Wildman–Crippen MR) is 48.7 cm³/mol. The van der Waals surface area contributed by atoms with Gasteiger partial charge in [-0.1, -0.05) is 5.16 Å². The quantitative estimate of drug-likeness (QED) is 0.671. The summed E-state index contributed by atoms with van der Waals surface area (Å²) in [5.41, 5.74) is 0. The molecule has 1 N–H and O–H groups in total. The van der Waals surface area contributed by atoms with E-state index >= 15 is 0 Å². The lowest BCUT2D eigenvalue weighted by molar-refractivity contribution is 0.387. The molecule has 1 aliphatic heterocycles. The third kappa shape index (κ3) is 1.80. The molecule has 5 heteroatoms. The lowest BCUT2D eigenvalue weighted by atomic mass is 10.2. The highest BCUT2D eigenvalue weighted by molar-refractivity contribution is 5.26. The average molecular weight is 182 g/mol. The van der Waals surface area contributed by atoms with Crippen LogP contribution in [-0.4, -0.2) is 35.8 Å². The minimum Gasteiger partial charge on any atom is -0.322 e. The van der Waals surface area contributed by atoms with E-state index in [4.69, 9.17) is 4.52 Å². The van der Waals surface area contributed by atoms with Gasteiger partial charge in [0.15, 0.2) is 5.82 Å². The van der Waals surface area contributed by atoms with Crippen molar-refractivity contribution in [2.75, 3.05) is 24.5 Å². The molecule has 0 aliphatic carbocycles. The molecule has 1 atom stereocenters. The highest BCUT2D eigenvalue weighted by Gasteiger charge is 2.19. The van der Waals surface area contributed by atoms with Gasteiger partial charge < -0.3 is 14.7 Å². The number of anilines is 1. The Bertz CT molecular complexity index is 285. The molecule has 0 radical (unpaired) electrons. The number of nitrogens with zero attached hydrogens (tertiary/aromatic N) is 3. The molecule has 72 valence electrons. The number of aromatic nitrogens is 2. The molecule has 1 aromatic rings. The fraction of sp³-hybridized carbons (Fsp3) is 0.750. The number of nitrogens with one attached hydrogen (secondary N) is 1. The second-order valence-electron chi connectivity index (χ2n) is 3.43. The molecule has 1 fully saturated rings. The molecule has 0 aromatic carbocycles. The van der Waals surface area contributed by atoms with E-state index < -0.39 is 0 Å². The number of hydrogen-bond acceptors (Lipinski definition) is 5. The summed E-state index contributed by atoms with van der Waals surface area (Å²) in [6, 6.07) is 1.13. The van der Waals surface area contributed by atoms with E-state index in [0.29, 0.717) is 17.9 Å². The maximum atomic E-state index is 5.09. The summed E-state index contributed by atoms with van der Waals surface area (Å²) < 4.78 is 5.09. The van der Waals surface area contributed by atoms with Crippen molar-refractivity contribution >= 4 is 6.01 Å². The summed E-state index contributed by atoms with van der Waals surface area (Å²) in [6.45, 7) is 6.82. The van der Waals surface area contributed by atoms with Gasteiger partial charge in [-0.25, -0.2) is 0 Å². The van der Waals surface area contributed by atoms with Crippen LogP contribution in [0.1, 0.15) is 12.7 Å². The maximum Gasteiger partial charge on any atom is 0.324 e. The van der Waals surface area contributed by atoms with E-state index in [9.17, 15) is 0 Å². The second-order valence-corrected chi connectivity index (χ2v) is 3.43. The largest absolute Gasteiger partial charge is 0.324 e. The number of piperazine rings is 1. The van der Waals surface area contributed by atoms with Gasteiger partial charge in [-0.2, -0.15) is 4.98 Å². The zero-order valence-electron chi connectivity index (χ0n) is 7.95. The van der Waals surface area contributed by atoms with Crippen LogP contribution in [0.4, 0.5) is 6.01 Å². The van der Waals surface area contributed by atoms with Crippen LogP contribution in [0.5, 0.6) is 0 Å². The molecule has 2 rings (SSSR count). The van der Waals surface area contributed by atoms with Crippen molar-refractivity contribution < 1.29 is 4.52 Å². The van der Waals surface area contributed by atoms with Crippen LogP contribution in [0.15, 0.2) is 4.52 Å². The first kappa shape index (κ1) is 8.50. The fourth-order valence-electron chi connectivity index (χ4n) is 1.52. The SMILES string of the molecule is Cc1noc(N2CCNC(C)C2)n1. The standard InChI is InChI=1S/C8H14N4O/c1-6-5-12(4-3-9-6)8-10-7(2)11-13-8/h6,9H,3-5H2,1-2H3. The number of hydrogen-bond donors (Lipinski definition) is 1. The van der Waals surface area contributed by atoms with Crippen LogP contribution >= 0.6 is 0 Å². The molecular formula is C8H14N4O. The first-order valence-electron chi connectivity index (χ1n) is 4.54. The topological polar surface area (TPSA) is 54.2 Å². The second kappa shape index (κ2) is 3.33. The lowest BCUT2D eigenvalue weighted by Gasteiger charge is -2.29. The summed E-state index contributed by atoms with van der Waals surface area (Å²) in [5, 5.41) is 7.13. The maximum absolute atomic E-state index is 5.09. The van der Waals surface area contributed by atoms with Crippen molar-refractivity contribution in [2.24, 2.45) is 0 Å². The summed E-state index contributed by atoms with van der Waals surface area (Å²) in [7, 11) is 0. The molecule has 2 heterocycles. The molecule has 0 bridgehead atoms. The minimum atomic E-state index is 0.487. The van der Waals surface area contributed by atoms with Gasteiger partial charge in [0.25, 0.3) is 0 Å². The zero-order chi connectivity index (χ0) is 9.26. The average Bonchev–Trinajstić information content (AvgIpc) is 2.52. The van der Waals surface area contributed by atoms with E-state index in [1.54, 1.807) is 0 Å². The van der Waals surface area contributed by atoms with Crippen molar-refractivity contribution in [1.29, 1.82) is 0 Å². The Hall–Kier alpha value is -1.10. The summed E-state index contributed by atoms with van der Waals surface area (Å²) in [5.74, 6) is 0.696.